The van der Waals surface area contributed by atoms with Crippen LogP contribution in [0.2, 0.25) is 0 Å². The van der Waals surface area contributed by atoms with Gasteiger partial charge in [-0.15, -0.1) is 0 Å². The lowest BCUT2D eigenvalue weighted by Gasteiger charge is -2.13. The predicted octanol–water partition coefficient (Wildman–Crippen LogP) is 4.25. The number of aliphatic hydroxyl groups is 1. The van der Waals surface area contributed by atoms with Gasteiger partial charge in [0.1, 0.15) is 17.2 Å². The number of ketones is 1. The van der Waals surface area contributed by atoms with Crippen LogP contribution in [0, 0.1) is 5.41 Å². The Balaban J connectivity index is 2.00. The molecule has 0 aliphatic rings. The van der Waals surface area contributed by atoms with Gasteiger partial charge in [-0.2, -0.15) is 0 Å². The second-order valence-corrected chi connectivity index (χ2v) is 5.98. The number of Topliss-reactive ketones (excluding diaryl/α,β-unsaturated/α-hetero) is 1. The van der Waals surface area contributed by atoms with Crippen LogP contribution >= 0.6 is 0 Å². The van der Waals surface area contributed by atoms with Crippen LogP contribution in [0.1, 0.15) is 26.3 Å². The molecule has 0 atom stereocenters. The second-order valence-electron chi connectivity index (χ2n) is 5.98. The fraction of sp³-hybridized carbons (Fsp3) is 0. The van der Waals surface area contributed by atoms with Gasteiger partial charge < -0.3 is 10.4 Å². The number of amides is 1. The quantitative estimate of drug-likeness (QED) is 0.206. The number of rotatable bonds is 5. The van der Waals surface area contributed by atoms with Crippen molar-refractivity contribution in [2.75, 3.05) is 0 Å². The van der Waals surface area contributed by atoms with E-state index in [1.54, 1.807) is 91.0 Å². The summed E-state index contributed by atoms with van der Waals surface area (Å²) in [6, 6.07) is 25.1. The van der Waals surface area contributed by atoms with Crippen molar-refractivity contribution in [2.24, 2.45) is 0 Å². The van der Waals surface area contributed by atoms with E-state index in [-0.39, 0.29) is 11.3 Å². The first-order valence-corrected chi connectivity index (χ1v) is 8.61. The van der Waals surface area contributed by atoms with Crippen LogP contribution in [0.25, 0.3) is 5.76 Å². The summed E-state index contributed by atoms with van der Waals surface area (Å²) in [7, 11) is 0. The van der Waals surface area contributed by atoms with Crippen LogP contribution in [-0.2, 0) is 0 Å². The summed E-state index contributed by atoms with van der Waals surface area (Å²) in [4.78, 5) is 25.4. The van der Waals surface area contributed by atoms with Gasteiger partial charge in [0.05, 0.1) is 0 Å². The molecule has 0 heterocycles. The molecular weight excluding hydrogens is 352 g/mol. The van der Waals surface area contributed by atoms with E-state index in [2.05, 4.69) is 5.32 Å². The summed E-state index contributed by atoms with van der Waals surface area (Å²) in [5.74, 6) is -1.93. The molecule has 0 saturated heterocycles. The molecule has 1 amide bonds. The third kappa shape index (κ3) is 4.22. The van der Waals surface area contributed by atoms with Crippen molar-refractivity contribution in [1.82, 2.24) is 5.32 Å². The maximum Gasteiger partial charge on any atom is 0.256 e. The van der Waals surface area contributed by atoms with Crippen LogP contribution in [0.3, 0.4) is 0 Å². The zero-order valence-electron chi connectivity index (χ0n) is 14.9. The lowest BCUT2D eigenvalue weighted by Crippen LogP contribution is -2.34. The third-order valence-electron chi connectivity index (χ3n) is 4.07. The number of amidine groups is 1. The van der Waals surface area contributed by atoms with Crippen molar-refractivity contribution in [2.45, 2.75) is 0 Å². The van der Waals surface area contributed by atoms with Crippen LogP contribution in [0.15, 0.2) is 96.6 Å². The molecule has 5 nitrogen and oxygen atoms in total. The molecule has 0 bridgehead atoms. The molecule has 3 aromatic rings. The summed E-state index contributed by atoms with van der Waals surface area (Å²) in [5.41, 5.74) is 0.749. The lowest BCUT2D eigenvalue weighted by atomic mass is 9.98. The number of nitrogens with one attached hydrogen (secondary N) is 2. The molecule has 0 saturated carbocycles. The molecule has 0 fully saturated rings. The molecule has 28 heavy (non-hydrogen) atoms. The fourth-order valence-electron chi connectivity index (χ4n) is 2.65. The Morgan fingerprint density at radius 3 is 1.61 bits per heavy atom. The Kier molecular flexibility index (Phi) is 5.77. The summed E-state index contributed by atoms with van der Waals surface area (Å²) >= 11 is 0. The summed E-state index contributed by atoms with van der Waals surface area (Å²) in [6.45, 7) is 0. The van der Waals surface area contributed by atoms with Gasteiger partial charge in [0.2, 0.25) is 5.78 Å². The predicted molar refractivity (Wildman–Crippen MR) is 108 cm³/mol. The second kappa shape index (κ2) is 8.60. The van der Waals surface area contributed by atoms with Gasteiger partial charge in [0, 0.05) is 16.7 Å². The minimum Gasteiger partial charge on any atom is -0.506 e. The van der Waals surface area contributed by atoms with Crippen molar-refractivity contribution in [3.8, 4) is 0 Å². The van der Waals surface area contributed by atoms with E-state index >= 15 is 0 Å². The minimum atomic E-state index is -0.555. The highest BCUT2D eigenvalue weighted by atomic mass is 16.3. The molecule has 0 radical (unpaired) electrons. The van der Waals surface area contributed by atoms with Gasteiger partial charge in [0.15, 0.2) is 0 Å². The molecule has 3 N–H and O–H groups in total. The molecule has 0 spiro atoms. The Hall–Kier alpha value is -3.99. The Morgan fingerprint density at radius 1 is 0.679 bits per heavy atom. The molecule has 5 heteroatoms. The van der Waals surface area contributed by atoms with Crippen molar-refractivity contribution < 1.29 is 14.7 Å². The third-order valence-corrected chi connectivity index (χ3v) is 4.07. The van der Waals surface area contributed by atoms with Crippen molar-refractivity contribution in [1.29, 1.82) is 5.41 Å². The number of benzene rings is 3. The van der Waals surface area contributed by atoms with Gasteiger partial charge in [-0.3, -0.25) is 15.0 Å². The largest absolute Gasteiger partial charge is 0.506 e. The summed E-state index contributed by atoms with van der Waals surface area (Å²) < 4.78 is 0. The average molecular weight is 370 g/mol. The standard InChI is InChI=1S/C23H18N2O3/c24-22(25-23(28)18-14-8-3-9-15-18)19(20(26)16-10-4-1-5-11-16)21(27)17-12-6-2-7-13-17/h1-15,26H,(H2,24,25,28)/b20-19-. The molecule has 0 aliphatic heterocycles. The first kappa shape index (κ1) is 18.8. The van der Waals surface area contributed by atoms with Crippen molar-refractivity contribution >= 4 is 23.3 Å². The summed E-state index contributed by atoms with van der Waals surface area (Å²) in [5, 5.41) is 21.5. The van der Waals surface area contributed by atoms with E-state index in [1.807, 2.05) is 0 Å². The van der Waals surface area contributed by atoms with E-state index in [9.17, 15) is 14.7 Å². The molecule has 0 aromatic heterocycles. The van der Waals surface area contributed by atoms with Crippen LogP contribution < -0.4 is 5.32 Å². The highest BCUT2D eigenvalue weighted by molar-refractivity contribution is 6.32. The molecule has 0 aliphatic carbocycles. The zero-order chi connectivity index (χ0) is 19.9. The van der Waals surface area contributed by atoms with E-state index in [0.717, 1.165) is 0 Å². The van der Waals surface area contributed by atoms with E-state index in [0.29, 0.717) is 16.7 Å². The first-order chi connectivity index (χ1) is 13.6. The van der Waals surface area contributed by atoms with Gasteiger partial charge in [-0.1, -0.05) is 78.9 Å². The van der Waals surface area contributed by atoms with Crippen molar-refractivity contribution in [3.63, 3.8) is 0 Å². The number of hydrogen-bond donors (Lipinski definition) is 3. The minimum absolute atomic E-state index is 0.276. The van der Waals surface area contributed by atoms with Gasteiger partial charge in [-0.25, -0.2) is 0 Å². The van der Waals surface area contributed by atoms with Gasteiger partial charge >= 0.3 is 0 Å². The maximum absolute atomic E-state index is 13.0. The average Bonchev–Trinajstić information content (AvgIpc) is 2.75. The topological polar surface area (TPSA) is 90.3 Å². The molecule has 138 valence electrons. The Labute approximate surface area is 162 Å². The number of carbonyl (C=O) groups excluding carboxylic acids is 2. The van der Waals surface area contributed by atoms with E-state index < -0.39 is 17.5 Å². The van der Waals surface area contributed by atoms with Crippen molar-refractivity contribution in [3.05, 3.63) is 113 Å². The van der Waals surface area contributed by atoms with Gasteiger partial charge in [-0.05, 0) is 12.1 Å². The smallest absolute Gasteiger partial charge is 0.256 e. The van der Waals surface area contributed by atoms with Crippen LogP contribution in [0.4, 0.5) is 0 Å². The maximum atomic E-state index is 13.0. The highest BCUT2D eigenvalue weighted by Crippen LogP contribution is 2.20. The normalized spacial score (nSPS) is 11.3. The Bertz CT molecular complexity index is 1030. The number of carbonyl (C=O) groups is 2. The zero-order valence-corrected chi connectivity index (χ0v) is 14.9. The molecule has 3 aromatic carbocycles. The monoisotopic (exact) mass is 370 g/mol. The SMILES string of the molecule is N=C(NC(=O)c1ccccc1)/C(C(=O)c1ccccc1)=C(\O)c1ccccc1. The van der Waals surface area contributed by atoms with E-state index in [1.165, 1.54) is 0 Å². The number of aliphatic hydroxyl groups excluding tert-OH is 1. The number of hydrogen-bond acceptors (Lipinski definition) is 4. The molecule has 0 unspecified atom stereocenters. The van der Waals surface area contributed by atoms with Gasteiger partial charge in [0.25, 0.3) is 5.91 Å². The Morgan fingerprint density at radius 2 is 1.11 bits per heavy atom. The lowest BCUT2D eigenvalue weighted by molar-refractivity contribution is 0.0977. The fourth-order valence-corrected chi connectivity index (χ4v) is 2.65. The summed E-state index contributed by atoms with van der Waals surface area (Å²) in [6.07, 6.45) is 0. The van der Waals surface area contributed by atoms with Crippen LogP contribution in [-0.4, -0.2) is 22.6 Å². The molecular formula is C23H18N2O3. The van der Waals surface area contributed by atoms with Crippen LogP contribution in [0.5, 0.6) is 0 Å². The van der Waals surface area contributed by atoms with E-state index in [4.69, 9.17) is 5.41 Å². The highest BCUT2D eigenvalue weighted by Gasteiger charge is 2.24. The first-order valence-electron chi connectivity index (χ1n) is 8.61. The molecule has 3 rings (SSSR count).